The fraction of sp³-hybridized carbons (Fsp3) is 0.357. The molecule has 4 aliphatic rings. The molecule has 9 rings (SSSR count). The molecule has 3 saturated heterocycles. The molecule has 0 bridgehead atoms. The molecule has 55 heavy (non-hydrogen) atoms. The van der Waals surface area contributed by atoms with Gasteiger partial charge in [0.25, 0.3) is 5.56 Å². The molecule has 6 heterocycles. The third-order valence-corrected chi connectivity index (χ3v) is 12.2. The molecule has 3 fully saturated rings. The van der Waals surface area contributed by atoms with E-state index < -0.39 is 34.6 Å². The highest BCUT2D eigenvalue weighted by Gasteiger charge is 2.39. The average molecular weight is 764 g/mol. The quantitative estimate of drug-likeness (QED) is 0.175. The summed E-state index contributed by atoms with van der Waals surface area (Å²) in [7, 11) is 0. The van der Waals surface area contributed by atoms with Crippen molar-refractivity contribution >= 4 is 57.2 Å². The van der Waals surface area contributed by atoms with Crippen molar-refractivity contribution in [2.24, 2.45) is 0 Å². The van der Waals surface area contributed by atoms with E-state index in [1.54, 1.807) is 6.07 Å². The Morgan fingerprint density at radius 3 is 2.15 bits per heavy atom. The van der Waals surface area contributed by atoms with Gasteiger partial charge < -0.3 is 14.7 Å². The molecule has 0 unspecified atom stereocenters. The standard InChI is InChI=1S/C42H40ClF2N7O3/c1-42(2)29-10-9-26(21-34(29)51-33-6-3-5-30(43)38(33)40(55)47-41(42)51)25-12-15-50(16-13-25)35-24-27(11-14-46-35)48-17-19-49(20-18-48)28-22-31(44)39(32(45)23-28)52-36(53)7-4-8-37(52)54/h3,5-6,9-11,14,21-25H,4,7-8,12-13,15-20H2,1-2H3. The van der Waals surface area contributed by atoms with E-state index >= 15 is 8.78 Å². The Morgan fingerprint density at radius 1 is 0.782 bits per heavy atom. The predicted molar refractivity (Wildman–Crippen MR) is 210 cm³/mol. The number of halogens is 3. The molecule has 4 aliphatic heterocycles. The number of anilines is 4. The molecule has 2 aromatic heterocycles. The van der Waals surface area contributed by atoms with Gasteiger partial charge in [-0.15, -0.1) is 0 Å². The number of piperazine rings is 1. The van der Waals surface area contributed by atoms with Crippen LogP contribution >= 0.6 is 11.6 Å². The number of amides is 2. The zero-order valence-corrected chi connectivity index (χ0v) is 31.5. The lowest BCUT2D eigenvalue weighted by Crippen LogP contribution is -2.47. The van der Waals surface area contributed by atoms with E-state index in [1.807, 2.05) is 29.3 Å². The van der Waals surface area contributed by atoms with Crippen molar-refractivity contribution in [3.05, 3.63) is 111 Å². The van der Waals surface area contributed by atoms with E-state index in [0.29, 0.717) is 59.5 Å². The number of hydrogen-bond donors (Lipinski definition) is 0. The van der Waals surface area contributed by atoms with Crippen molar-refractivity contribution in [2.75, 3.05) is 58.9 Å². The largest absolute Gasteiger partial charge is 0.368 e. The maximum atomic E-state index is 15.2. The SMILES string of the molecule is CC1(C)c2ccc(C3CCN(c4cc(N5CCN(c6cc(F)c(N7C(=O)CCCC7=O)c(F)c6)CC5)ccn4)CC3)cc2-n2c1nc(=O)c1c(Cl)cccc12. The van der Waals surface area contributed by atoms with E-state index in [1.165, 1.54) is 17.7 Å². The van der Waals surface area contributed by atoms with Gasteiger partial charge in [-0.3, -0.25) is 19.0 Å². The summed E-state index contributed by atoms with van der Waals surface area (Å²) in [5, 5.41) is 0.845. The second-order valence-electron chi connectivity index (χ2n) is 15.5. The minimum Gasteiger partial charge on any atom is -0.368 e. The lowest BCUT2D eigenvalue weighted by molar-refractivity contribution is -0.129. The zero-order chi connectivity index (χ0) is 38.2. The zero-order valence-electron chi connectivity index (χ0n) is 30.7. The molecule has 5 aromatic rings. The van der Waals surface area contributed by atoms with Gasteiger partial charge in [0.15, 0.2) is 11.6 Å². The van der Waals surface area contributed by atoms with Crippen molar-refractivity contribution in [1.82, 2.24) is 14.5 Å². The summed E-state index contributed by atoms with van der Waals surface area (Å²) in [5.41, 5.74) is 4.33. The number of carbonyl (C=O) groups excluding carboxylic acids is 2. The number of imide groups is 1. The minimum absolute atomic E-state index is 0.0888. The van der Waals surface area contributed by atoms with E-state index in [2.05, 4.69) is 57.5 Å². The van der Waals surface area contributed by atoms with Crippen molar-refractivity contribution in [3.8, 4) is 5.69 Å². The van der Waals surface area contributed by atoms with Crippen LogP contribution in [-0.4, -0.2) is 65.6 Å². The first-order valence-corrected chi connectivity index (χ1v) is 19.3. The topological polar surface area (TPSA) is 94.9 Å². The van der Waals surface area contributed by atoms with Crippen molar-refractivity contribution in [3.63, 3.8) is 0 Å². The predicted octanol–water partition coefficient (Wildman–Crippen LogP) is 7.11. The van der Waals surface area contributed by atoms with Crippen LogP contribution in [-0.2, 0) is 15.0 Å². The second kappa shape index (κ2) is 13.4. The Bertz CT molecular complexity index is 2420. The van der Waals surface area contributed by atoms with E-state index in [-0.39, 0.29) is 18.4 Å². The van der Waals surface area contributed by atoms with Crippen LogP contribution in [0.1, 0.15) is 68.8 Å². The second-order valence-corrected chi connectivity index (χ2v) is 15.9. The third kappa shape index (κ3) is 5.92. The molecule has 0 spiro atoms. The fourth-order valence-corrected chi connectivity index (χ4v) is 9.17. The highest BCUT2D eigenvalue weighted by Crippen LogP contribution is 2.45. The van der Waals surface area contributed by atoms with Crippen LogP contribution in [0.4, 0.5) is 31.7 Å². The van der Waals surface area contributed by atoms with Crippen molar-refractivity contribution < 1.29 is 18.4 Å². The van der Waals surface area contributed by atoms with Crippen LogP contribution < -0.4 is 25.2 Å². The first-order valence-electron chi connectivity index (χ1n) is 18.9. The highest BCUT2D eigenvalue weighted by molar-refractivity contribution is 6.35. The van der Waals surface area contributed by atoms with E-state index in [0.717, 1.165) is 60.0 Å². The number of fused-ring (bicyclic) bond motifs is 5. The van der Waals surface area contributed by atoms with Gasteiger partial charge in [0.2, 0.25) is 11.8 Å². The van der Waals surface area contributed by atoms with E-state index in [4.69, 9.17) is 16.6 Å². The lowest BCUT2D eigenvalue weighted by Gasteiger charge is -2.38. The summed E-state index contributed by atoms with van der Waals surface area (Å²) in [6.07, 6.45) is 4.32. The van der Waals surface area contributed by atoms with Crippen LogP contribution in [0.3, 0.4) is 0 Å². The lowest BCUT2D eigenvalue weighted by atomic mass is 9.83. The Labute approximate surface area is 321 Å². The molecule has 0 radical (unpaired) electrons. The van der Waals surface area contributed by atoms with Gasteiger partial charge in [0.05, 0.1) is 27.0 Å². The monoisotopic (exact) mass is 763 g/mol. The minimum atomic E-state index is -0.914. The maximum Gasteiger partial charge on any atom is 0.282 e. The molecule has 0 saturated carbocycles. The summed E-state index contributed by atoms with van der Waals surface area (Å²) in [6, 6.07) is 18.8. The highest BCUT2D eigenvalue weighted by atomic mass is 35.5. The molecule has 13 heteroatoms. The van der Waals surface area contributed by atoms with Crippen LogP contribution in [0.5, 0.6) is 0 Å². The smallest absolute Gasteiger partial charge is 0.282 e. The van der Waals surface area contributed by atoms with Gasteiger partial charge in [-0.05, 0) is 86.6 Å². The molecule has 0 aliphatic carbocycles. The Morgan fingerprint density at radius 2 is 1.45 bits per heavy atom. The number of pyridine rings is 1. The summed E-state index contributed by atoms with van der Waals surface area (Å²) < 4.78 is 32.6. The Balaban J connectivity index is 0.871. The van der Waals surface area contributed by atoms with Crippen molar-refractivity contribution in [1.29, 1.82) is 0 Å². The molecule has 3 aromatic carbocycles. The van der Waals surface area contributed by atoms with Gasteiger partial charge in [0, 0.05) is 75.7 Å². The third-order valence-electron chi connectivity index (χ3n) is 11.9. The van der Waals surface area contributed by atoms with Crippen LogP contribution in [0.15, 0.2) is 71.7 Å². The molecular weight excluding hydrogens is 724 g/mol. The normalized spacial score (nSPS) is 18.6. The number of piperidine rings is 2. The van der Waals surface area contributed by atoms with Gasteiger partial charge >= 0.3 is 0 Å². The number of rotatable bonds is 5. The summed E-state index contributed by atoms with van der Waals surface area (Å²) in [6.45, 7) is 8.29. The van der Waals surface area contributed by atoms with Crippen LogP contribution in [0.25, 0.3) is 16.6 Å². The summed E-state index contributed by atoms with van der Waals surface area (Å²) in [5.74, 6) is -0.982. The molecule has 0 atom stereocenters. The van der Waals surface area contributed by atoms with Gasteiger partial charge in [-0.2, -0.15) is 4.98 Å². The first-order chi connectivity index (χ1) is 26.5. The van der Waals surface area contributed by atoms with Gasteiger partial charge in [-0.1, -0.05) is 29.8 Å². The molecule has 2 amide bonds. The van der Waals surface area contributed by atoms with Crippen LogP contribution in [0, 0.1) is 11.6 Å². The van der Waals surface area contributed by atoms with Gasteiger partial charge in [0.1, 0.15) is 17.3 Å². The number of nitrogens with zero attached hydrogens (tertiary/aromatic N) is 7. The molecule has 0 N–H and O–H groups in total. The van der Waals surface area contributed by atoms with E-state index in [9.17, 15) is 14.4 Å². The molecule has 282 valence electrons. The Hall–Kier alpha value is -5.36. The van der Waals surface area contributed by atoms with Gasteiger partial charge in [-0.25, -0.2) is 18.7 Å². The average Bonchev–Trinajstić information content (AvgIpc) is 3.41. The Kier molecular flexibility index (Phi) is 8.64. The molecular formula is C42H40ClF2N7O3. The summed E-state index contributed by atoms with van der Waals surface area (Å²) >= 11 is 6.50. The molecule has 10 nitrogen and oxygen atoms in total. The number of benzene rings is 3. The number of hydrogen-bond acceptors (Lipinski definition) is 8. The van der Waals surface area contributed by atoms with Crippen molar-refractivity contribution in [2.45, 2.75) is 57.3 Å². The number of aromatic nitrogens is 3. The van der Waals surface area contributed by atoms with Crippen LogP contribution in [0.2, 0.25) is 5.02 Å². The first kappa shape index (κ1) is 35.3. The summed E-state index contributed by atoms with van der Waals surface area (Å²) in [4.78, 5) is 54.2. The maximum absolute atomic E-state index is 15.2. The number of carbonyl (C=O) groups is 2. The fourth-order valence-electron chi connectivity index (χ4n) is 8.92.